The van der Waals surface area contributed by atoms with Crippen LogP contribution in [0.4, 0.5) is 0 Å². The Bertz CT molecular complexity index is 787. The first-order valence-corrected chi connectivity index (χ1v) is 9.48. The number of hydrogen-bond donors (Lipinski definition) is 0. The highest BCUT2D eigenvalue weighted by Gasteiger charge is 2.15. The van der Waals surface area contributed by atoms with Gasteiger partial charge >= 0.3 is 0 Å². The number of carbonyl (C=O) groups is 1. The van der Waals surface area contributed by atoms with Gasteiger partial charge in [0, 0.05) is 24.7 Å². The van der Waals surface area contributed by atoms with Crippen LogP contribution in [0.25, 0.3) is 10.9 Å². The van der Waals surface area contributed by atoms with Gasteiger partial charge in [-0.3, -0.25) is 14.2 Å². The zero-order valence-corrected chi connectivity index (χ0v) is 15.8. The lowest BCUT2D eigenvalue weighted by Gasteiger charge is -2.18. The maximum Gasteiger partial charge on any atom is 0.262 e. The van der Waals surface area contributed by atoms with Crippen LogP contribution in [-0.4, -0.2) is 39.2 Å². The van der Waals surface area contributed by atoms with Crippen LogP contribution in [0.1, 0.15) is 27.2 Å². The fourth-order valence-corrected chi connectivity index (χ4v) is 3.59. The van der Waals surface area contributed by atoms with E-state index in [0.29, 0.717) is 40.7 Å². The van der Waals surface area contributed by atoms with Crippen LogP contribution >= 0.6 is 23.4 Å². The van der Waals surface area contributed by atoms with Crippen molar-refractivity contribution in [3.63, 3.8) is 0 Å². The molecule has 1 amide bonds. The molecule has 2 rings (SSSR count). The minimum absolute atomic E-state index is 0.0495. The zero-order chi connectivity index (χ0) is 17.7. The molecule has 130 valence electrons. The molecule has 0 aliphatic rings. The number of nitrogens with zero attached hydrogens (tertiary/aromatic N) is 3. The molecule has 5 nitrogen and oxygen atoms in total. The topological polar surface area (TPSA) is 55.2 Å². The summed E-state index contributed by atoms with van der Waals surface area (Å²) < 4.78 is 1.65. The molecule has 7 heteroatoms. The van der Waals surface area contributed by atoms with Gasteiger partial charge in [0.25, 0.3) is 5.56 Å². The van der Waals surface area contributed by atoms with Crippen LogP contribution in [0.3, 0.4) is 0 Å². The van der Waals surface area contributed by atoms with Crippen molar-refractivity contribution in [1.82, 2.24) is 14.5 Å². The summed E-state index contributed by atoms with van der Waals surface area (Å²) in [4.78, 5) is 31.3. The van der Waals surface area contributed by atoms with Crippen LogP contribution in [0.5, 0.6) is 0 Å². The molecule has 0 aliphatic carbocycles. The molecule has 24 heavy (non-hydrogen) atoms. The summed E-state index contributed by atoms with van der Waals surface area (Å²) in [6, 6.07) is 5.08. The molecule has 0 aliphatic heterocycles. The van der Waals surface area contributed by atoms with Gasteiger partial charge in [-0.2, -0.15) is 0 Å². The summed E-state index contributed by atoms with van der Waals surface area (Å²) in [6.07, 6.45) is 0.818. The molecule has 0 bridgehead atoms. The van der Waals surface area contributed by atoms with E-state index in [2.05, 4.69) is 4.98 Å². The molecule has 0 saturated heterocycles. The Morgan fingerprint density at radius 1 is 1.29 bits per heavy atom. The average molecular weight is 368 g/mol. The number of benzene rings is 1. The molecule has 2 aromatic rings. The average Bonchev–Trinajstić information content (AvgIpc) is 2.56. The predicted molar refractivity (Wildman–Crippen MR) is 100.0 cm³/mol. The maximum absolute atomic E-state index is 12.7. The Labute approximate surface area is 151 Å². The Kier molecular flexibility index (Phi) is 6.69. The van der Waals surface area contributed by atoms with E-state index in [1.807, 2.05) is 20.8 Å². The van der Waals surface area contributed by atoms with Crippen molar-refractivity contribution >= 4 is 40.2 Å². The molecule has 1 heterocycles. The van der Waals surface area contributed by atoms with E-state index in [9.17, 15) is 9.59 Å². The van der Waals surface area contributed by atoms with Gasteiger partial charge in [-0.25, -0.2) is 4.98 Å². The molecule has 0 unspecified atom stereocenters. The summed E-state index contributed by atoms with van der Waals surface area (Å²) >= 11 is 7.32. The Hall–Kier alpha value is -1.53. The molecule has 1 aromatic carbocycles. The van der Waals surface area contributed by atoms with Gasteiger partial charge in [0.15, 0.2) is 5.16 Å². The molecule has 0 fully saturated rings. The van der Waals surface area contributed by atoms with Gasteiger partial charge in [0.1, 0.15) is 0 Å². The van der Waals surface area contributed by atoms with Gasteiger partial charge < -0.3 is 4.90 Å². The van der Waals surface area contributed by atoms with Crippen LogP contribution in [0, 0.1) is 0 Å². The van der Waals surface area contributed by atoms with Gasteiger partial charge in [-0.15, -0.1) is 0 Å². The normalized spacial score (nSPS) is 11.0. The Morgan fingerprint density at radius 2 is 2.00 bits per heavy atom. The minimum Gasteiger partial charge on any atom is -0.343 e. The molecule has 0 N–H and O–H groups in total. The van der Waals surface area contributed by atoms with Crippen LogP contribution < -0.4 is 5.56 Å². The highest BCUT2D eigenvalue weighted by atomic mass is 35.5. The van der Waals surface area contributed by atoms with Gasteiger partial charge in [-0.1, -0.05) is 30.3 Å². The van der Waals surface area contributed by atoms with Crippen molar-refractivity contribution < 1.29 is 4.79 Å². The maximum atomic E-state index is 12.7. The SMILES string of the molecule is CCCn1c(SCC(=O)N(CC)CC)nc2cc(Cl)ccc2c1=O. The second-order valence-electron chi connectivity index (χ2n) is 5.37. The monoisotopic (exact) mass is 367 g/mol. The highest BCUT2D eigenvalue weighted by molar-refractivity contribution is 7.99. The molecule has 0 radical (unpaired) electrons. The number of fused-ring (bicyclic) bond motifs is 1. The van der Waals surface area contributed by atoms with E-state index in [1.165, 1.54) is 11.8 Å². The molecule has 1 aromatic heterocycles. The lowest BCUT2D eigenvalue weighted by Crippen LogP contribution is -2.32. The minimum atomic E-state index is -0.0868. The third-order valence-electron chi connectivity index (χ3n) is 3.77. The summed E-state index contributed by atoms with van der Waals surface area (Å²) in [5, 5.41) is 1.65. The largest absolute Gasteiger partial charge is 0.343 e. The standard InChI is InChI=1S/C17H22ClN3O2S/c1-4-9-21-16(23)13-8-7-12(18)10-14(13)19-17(21)24-11-15(22)20(5-2)6-3/h7-8,10H,4-6,9,11H2,1-3H3. The lowest BCUT2D eigenvalue weighted by molar-refractivity contribution is -0.127. The van der Waals surface area contributed by atoms with Crippen molar-refractivity contribution in [2.75, 3.05) is 18.8 Å². The zero-order valence-electron chi connectivity index (χ0n) is 14.2. The smallest absolute Gasteiger partial charge is 0.262 e. The Balaban J connectivity index is 2.38. The number of rotatable bonds is 7. The first kappa shape index (κ1) is 18.8. The summed E-state index contributed by atoms with van der Waals surface area (Å²) in [5.41, 5.74) is 0.481. The van der Waals surface area contributed by atoms with E-state index in [1.54, 1.807) is 27.7 Å². The number of carbonyl (C=O) groups excluding carboxylic acids is 1. The number of halogens is 1. The van der Waals surface area contributed by atoms with Gasteiger partial charge in [0.05, 0.1) is 16.7 Å². The number of amides is 1. The predicted octanol–water partition coefficient (Wildman–Crippen LogP) is 3.42. The van der Waals surface area contributed by atoms with Gasteiger partial charge in [0.2, 0.25) is 5.91 Å². The van der Waals surface area contributed by atoms with Crippen molar-refractivity contribution in [1.29, 1.82) is 0 Å². The van der Waals surface area contributed by atoms with Crippen LogP contribution in [0.15, 0.2) is 28.2 Å². The Morgan fingerprint density at radius 3 is 2.62 bits per heavy atom. The first-order valence-electron chi connectivity index (χ1n) is 8.12. The fraction of sp³-hybridized carbons (Fsp3) is 0.471. The molecule has 0 atom stereocenters. The highest BCUT2D eigenvalue weighted by Crippen LogP contribution is 2.21. The number of hydrogen-bond acceptors (Lipinski definition) is 4. The third kappa shape index (κ3) is 4.11. The van der Waals surface area contributed by atoms with Gasteiger partial charge in [-0.05, 0) is 38.5 Å². The van der Waals surface area contributed by atoms with E-state index >= 15 is 0 Å². The van der Waals surface area contributed by atoms with E-state index in [-0.39, 0.29) is 17.2 Å². The lowest BCUT2D eigenvalue weighted by atomic mass is 10.2. The summed E-state index contributed by atoms with van der Waals surface area (Å²) in [5.74, 6) is 0.317. The van der Waals surface area contributed by atoms with Crippen LogP contribution in [-0.2, 0) is 11.3 Å². The molecular formula is C17H22ClN3O2S. The quantitative estimate of drug-likeness (QED) is 0.555. The number of aromatic nitrogens is 2. The fourth-order valence-electron chi connectivity index (χ4n) is 2.50. The summed E-state index contributed by atoms with van der Waals surface area (Å²) in [6.45, 7) is 7.85. The second kappa shape index (κ2) is 8.53. The second-order valence-corrected chi connectivity index (χ2v) is 6.75. The third-order valence-corrected chi connectivity index (χ3v) is 4.97. The van der Waals surface area contributed by atoms with Crippen LogP contribution in [0.2, 0.25) is 5.02 Å². The molecule has 0 saturated carbocycles. The number of thioether (sulfide) groups is 1. The van der Waals surface area contributed by atoms with Crippen molar-refractivity contribution in [3.8, 4) is 0 Å². The first-order chi connectivity index (χ1) is 11.5. The van der Waals surface area contributed by atoms with E-state index in [4.69, 9.17) is 11.6 Å². The molecular weight excluding hydrogens is 346 g/mol. The summed E-state index contributed by atoms with van der Waals surface area (Å²) in [7, 11) is 0. The molecule has 0 spiro atoms. The van der Waals surface area contributed by atoms with Crippen molar-refractivity contribution in [2.45, 2.75) is 38.9 Å². The van der Waals surface area contributed by atoms with Crippen molar-refractivity contribution in [2.24, 2.45) is 0 Å². The van der Waals surface area contributed by atoms with E-state index in [0.717, 1.165) is 6.42 Å². The van der Waals surface area contributed by atoms with Crippen molar-refractivity contribution in [3.05, 3.63) is 33.6 Å². The van der Waals surface area contributed by atoms with E-state index < -0.39 is 0 Å².